The SMILES string of the molecule is CCCCCCCC/C=C\CCCCCCCCOCC(CN1CCCCC1)OCCCOCCCO[C@H]1CC[C@@]2(C)C(=CC[C@H]3[C@@H]4CC[C@H](CCCCC(C)C)[C@@]4(C)CC[C@@H]32)C1. The van der Waals surface area contributed by atoms with Crippen LogP contribution < -0.4 is 0 Å². The molecule has 63 heavy (non-hydrogen) atoms. The number of hydrogen-bond donors (Lipinski definition) is 0. The van der Waals surface area contributed by atoms with Crippen molar-refractivity contribution in [1.82, 2.24) is 4.90 Å². The smallest absolute Gasteiger partial charge is 0.0934 e. The van der Waals surface area contributed by atoms with Crippen molar-refractivity contribution < 1.29 is 18.9 Å². The number of likely N-dealkylation sites (tertiary alicyclic amines) is 1. The molecular weight excluding hydrogens is 775 g/mol. The maximum atomic E-state index is 6.55. The Bertz CT molecular complexity index is 1230. The van der Waals surface area contributed by atoms with Crippen molar-refractivity contribution in [2.24, 2.45) is 40.4 Å². The number of fused-ring (bicyclic) bond motifs is 5. The molecular formula is C58H105NO4. The first-order chi connectivity index (χ1) is 30.8. The molecule has 0 bridgehead atoms. The van der Waals surface area contributed by atoms with Gasteiger partial charge < -0.3 is 23.8 Å². The fourth-order valence-electron chi connectivity index (χ4n) is 13.5. The molecule has 0 aromatic carbocycles. The van der Waals surface area contributed by atoms with Gasteiger partial charge in [-0.15, -0.1) is 0 Å². The molecule has 0 aromatic heterocycles. The molecule has 8 atom stereocenters. The molecule has 0 spiro atoms. The minimum atomic E-state index is 0.163. The van der Waals surface area contributed by atoms with E-state index in [1.807, 2.05) is 0 Å². The van der Waals surface area contributed by atoms with E-state index in [1.54, 1.807) is 5.57 Å². The van der Waals surface area contributed by atoms with Crippen LogP contribution in [0.25, 0.3) is 0 Å². The first-order valence-electron chi connectivity index (χ1n) is 28.3. The molecule has 1 heterocycles. The molecule has 1 unspecified atom stereocenters. The van der Waals surface area contributed by atoms with Crippen molar-refractivity contribution in [2.75, 3.05) is 59.3 Å². The molecule has 0 radical (unpaired) electrons. The van der Waals surface area contributed by atoms with Gasteiger partial charge in [-0.1, -0.05) is 142 Å². The molecule has 0 N–H and O–H groups in total. The van der Waals surface area contributed by atoms with Gasteiger partial charge in [0.05, 0.1) is 18.8 Å². The third-order valence-corrected chi connectivity index (χ3v) is 17.4. The first-order valence-corrected chi connectivity index (χ1v) is 28.3. The summed E-state index contributed by atoms with van der Waals surface area (Å²) in [6.45, 7) is 20.6. The molecule has 366 valence electrons. The highest BCUT2D eigenvalue weighted by Crippen LogP contribution is 2.67. The van der Waals surface area contributed by atoms with E-state index in [4.69, 9.17) is 18.9 Å². The lowest BCUT2D eigenvalue weighted by molar-refractivity contribution is -0.0603. The van der Waals surface area contributed by atoms with Crippen molar-refractivity contribution >= 4 is 0 Å². The molecule has 1 aliphatic heterocycles. The van der Waals surface area contributed by atoms with Crippen LogP contribution in [0.1, 0.15) is 234 Å². The van der Waals surface area contributed by atoms with Crippen LogP contribution in [-0.2, 0) is 18.9 Å². The molecule has 5 nitrogen and oxygen atoms in total. The second-order valence-electron chi connectivity index (χ2n) is 22.7. The topological polar surface area (TPSA) is 40.2 Å². The largest absolute Gasteiger partial charge is 0.381 e. The fraction of sp³-hybridized carbons (Fsp3) is 0.931. The summed E-state index contributed by atoms with van der Waals surface area (Å²) in [4.78, 5) is 2.60. The molecule has 4 fully saturated rings. The molecule has 0 amide bonds. The lowest BCUT2D eigenvalue weighted by atomic mass is 9.47. The number of ether oxygens (including phenoxy) is 4. The van der Waals surface area contributed by atoms with Crippen LogP contribution in [0, 0.1) is 40.4 Å². The Hall–Kier alpha value is -0.720. The number of rotatable bonds is 35. The number of allylic oxidation sites excluding steroid dienone is 3. The van der Waals surface area contributed by atoms with Crippen molar-refractivity contribution in [1.29, 1.82) is 0 Å². The number of piperidine rings is 1. The molecule has 4 aliphatic carbocycles. The zero-order valence-corrected chi connectivity index (χ0v) is 42.6. The summed E-state index contributed by atoms with van der Waals surface area (Å²) in [7, 11) is 0. The van der Waals surface area contributed by atoms with Gasteiger partial charge in [0.2, 0.25) is 0 Å². The Morgan fingerprint density at radius 3 is 2.13 bits per heavy atom. The number of unbranched alkanes of at least 4 members (excludes halogenated alkanes) is 13. The van der Waals surface area contributed by atoms with Gasteiger partial charge in [-0.25, -0.2) is 0 Å². The third-order valence-electron chi connectivity index (χ3n) is 17.4. The highest BCUT2D eigenvalue weighted by Gasteiger charge is 2.58. The second kappa shape index (κ2) is 30.6. The first kappa shape index (κ1) is 53.2. The Morgan fingerprint density at radius 2 is 1.38 bits per heavy atom. The zero-order chi connectivity index (χ0) is 44.4. The second-order valence-corrected chi connectivity index (χ2v) is 22.7. The van der Waals surface area contributed by atoms with Crippen LogP contribution in [0.4, 0.5) is 0 Å². The lowest BCUT2D eigenvalue weighted by Crippen LogP contribution is -2.50. The number of hydrogen-bond acceptors (Lipinski definition) is 5. The van der Waals surface area contributed by atoms with Crippen LogP contribution in [0.5, 0.6) is 0 Å². The molecule has 5 aliphatic rings. The van der Waals surface area contributed by atoms with E-state index in [1.165, 1.54) is 193 Å². The van der Waals surface area contributed by atoms with Crippen LogP contribution in [0.2, 0.25) is 0 Å². The van der Waals surface area contributed by atoms with Gasteiger partial charge in [0, 0.05) is 39.6 Å². The average molecular weight is 880 g/mol. The van der Waals surface area contributed by atoms with Crippen molar-refractivity contribution in [2.45, 2.75) is 246 Å². The summed E-state index contributed by atoms with van der Waals surface area (Å²) < 4.78 is 25.3. The Kier molecular flexibility index (Phi) is 25.9. The Labute approximate surface area is 391 Å². The van der Waals surface area contributed by atoms with Crippen molar-refractivity contribution in [3.63, 3.8) is 0 Å². The van der Waals surface area contributed by atoms with E-state index >= 15 is 0 Å². The molecule has 5 heteroatoms. The zero-order valence-electron chi connectivity index (χ0n) is 42.6. The predicted octanol–water partition coefficient (Wildman–Crippen LogP) is 15.9. The molecule has 3 saturated carbocycles. The van der Waals surface area contributed by atoms with E-state index in [-0.39, 0.29) is 6.10 Å². The van der Waals surface area contributed by atoms with Gasteiger partial charge in [0.15, 0.2) is 0 Å². The maximum absolute atomic E-state index is 6.55. The minimum Gasteiger partial charge on any atom is -0.381 e. The number of nitrogens with zero attached hydrogens (tertiary/aromatic N) is 1. The normalized spacial score (nSPS) is 29.2. The summed E-state index contributed by atoms with van der Waals surface area (Å²) in [6, 6.07) is 0. The van der Waals surface area contributed by atoms with Crippen molar-refractivity contribution in [3.8, 4) is 0 Å². The van der Waals surface area contributed by atoms with E-state index in [0.717, 1.165) is 95.0 Å². The molecule has 1 saturated heterocycles. The van der Waals surface area contributed by atoms with Gasteiger partial charge in [0.25, 0.3) is 0 Å². The van der Waals surface area contributed by atoms with Gasteiger partial charge in [-0.2, -0.15) is 0 Å². The summed E-state index contributed by atoms with van der Waals surface area (Å²) in [5, 5.41) is 0. The van der Waals surface area contributed by atoms with Crippen LogP contribution >= 0.6 is 0 Å². The van der Waals surface area contributed by atoms with E-state index in [9.17, 15) is 0 Å². The minimum absolute atomic E-state index is 0.163. The van der Waals surface area contributed by atoms with Crippen LogP contribution in [0.3, 0.4) is 0 Å². The average Bonchev–Trinajstić information content (AvgIpc) is 3.62. The van der Waals surface area contributed by atoms with Gasteiger partial charge >= 0.3 is 0 Å². The lowest BCUT2D eigenvalue weighted by Gasteiger charge is -2.58. The molecule has 5 rings (SSSR count). The summed E-state index contributed by atoms with van der Waals surface area (Å²) in [5.74, 6) is 4.60. The Balaban J connectivity index is 0.871. The monoisotopic (exact) mass is 880 g/mol. The van der Waals surface area contributed by atoms with Crippen LogP contribution in [-0.4, -0.2) is 76.4 Å². The van der Waals surface area contributed by atoms with E-state index in [2.05, 4.69) is 57.7 Å². The summed E-state index contributed by atoms with van der Waals surface area (Å²) in [6.07, 6.45) is 49.7. The van der Waals surface area contributed by atoms with Crippen molar-refractivity contribution in [3.05, 3.63) is 23.8 Å². The fourth-order valence-corrected chi connectivity index (χ4v) is 13.5. The highest BCUT2D eigenvalue weighted by atomic mass is 16.5. The summed E-state index contributed by atoms with van der Waals surface area (Å²) >= 11 is 0. The quantitative estimate of drug-likeness (QED) is 0.0469. The highest BCUT2D eigenvalue weighted by molar-refractivity contribution is 5.25. The maximum Gasteiger partial charge on any atom is 0.0934 e. The van der Waals surface area contributed by atoms with Gasteiger partial charge in [-0.3, -0.25) is 0 Å². The van der Waals surface area contributed by atoms with E-state index in [0.29, 0.717) is 16.9 Å². The summed E-state index contributed by atoms with van der Waals surface area (Å²) in [5.41, 5.74) is 2.77. The third kappa shape index (κ3) is 18.4. The van der Waals surface area contributed by atoms with Gasteiger partial charge in [-0.05, 0) is 169 Å². The van der Waals surface area contributed by atoms with Gasteiger partial charge in [0.1, 0.15) is 0 Å². The van der Waals surface area contributed by atoms with E-state index < -0.39 is 0 Å². The predicted molar refractivity (Wildman–Crippen MR) is 269 cm³/mol. The molecule has 0 aromatic rings. The Morgan fingerprint density at radius 1 is 0.683 bits per heavy atom. The standard InChI is InChI=1S/C58H105NO4/c1-6-7-8-9-10-11-12-13-14-15-16-17-18-19-20-26-41-61-48-53(47-59-39-24-21-25-40-59)63-45-28-43-60-42-27-44-62-52-35-37-58(5)51(46-52)31-33-54-55-34-32-50(30-23-22-29-49(2)3)57(55,4)38-36-56(54)58/h13-14,31,49-50,52-56H,6-12,15-30,32-48H2,1-5H3/b14-13-/t50-,52-,53?,54-,55-,56-,57+,58-/m0/s1. The van der Waals surface area contributed by atoms with Crippen LogP contribution in [0.15, 0.2) is 23.8 Å².